The van der Waals surface area contributed by atoms with Gasteiger partial charge in [0.05, 0.1) is 5.69 Å². The summed E-state index contributed by atoms with van der Waals surface area (Å²) in [5, 5.41) is 2.87. The number of anilines is 1. The molecule has 2 rings (SSSR count). The van der Waals surface area contributed by atoms with Gasteiger partial charge >= 0.3 is 0 Å². The Balaban J connectivity index is 2.29. The number of rotatable bonds is 3. The van der Waals surface area contributed by atoms with Crippen LogP contribution in [0.3, 0.4) is 0 Å². The van der Waals surface area contributed by atoms with E-state index in [0.717, 1.165) is 10.6 Å². The number of nitrogens with zero attached hydrogens (tertiary/aromatic N) is 1. The third kappa shape index (κ3) is 2.54. The van der Waals surface area contributed by atoms with Crippen molar-refractivity contribution >= 4 is 29.3 Å². The van der Waals surface area contributed by atoms with Gasteiger partial charge < -0.3 is 10.2 Å². The molecule has 1 heterocycles. The molecular weight excluding hydrogens is 272 g/mol. The van der Waals surface area contributed by atoms with Crippen molar-refractivity contribution < 1.29 is 9.59 Å². The molecule has 0 fully saturated rings. The second-order valence-corrected chi connectivity index (χ2v) is 7.03. The minimum Gasteiger partial charge on any atom is -0.354 e. The largest absolute Gasteiger partial charge is 0.354 e. The Bertz CT molecular complexity index is 544. The van der Waals surface area contributed by atoms with Crippen molar-refractivity contribution in [3.05, 3.63) is 24.3 Å². The van der Waals surface area contributed by atoms with Gasteiger partial charge in [-0.15, -0.1) is 0 Å². The van der Waals surface area contributed by atoms with Gasteiger partial charge in [0.2, 0.25) is 5.91 Å². The lowest BCUT2D eigenvalue weighted by atomic mass is 10.1. The van der Waals surface area contributed by atoms with Gasteiger partial charge in [0, 0.05) is 18.5 Å². The molecule has 1 N–H and O–H groups in total. The number of nitrogens with one attached hydrogen (secondary N) is 1. The minimum atomic E-state index is -1.10. The minimum absolute atomic E-state index is 0.178. The normalized spacial score (nSPS) is 21.9. The quantitative estimate of drug-likeness (QED) is 0.870. The third-order valence-electron chi connectivity index (χ3n) is 3.36. The van der Waals surface area contributed by atoms with Crippen LogP contribution in [0.4, 0.5) is 5.69 Å². The molecule has 0 saturated carbocycles. The number of para-hydroxylation sites is 1. The number of carbonyl (C=O) groups excluding carboxylic acids is 2. The lowest BCUT2D eigenvalue weighted by Crippen LogP contribution is -2.55. The van der Waals surface area contributed by atoms with E-state index in [4.69, 9.17) is 0 Å². The van der Waals surface area contributed by atoms with Crippen LogP contribution in [0.2, 0.25) is 0 Å². The second kappa shape index (κ2) is 5.48. The van der Waals surface area contributed by atoms with Crippen LogP contribution < -0.4 is 10.2 Å². The first kappa shape index (κ1) is 14.9. The molecule has 2 amide bonds. The number of hydrogen-bond acceptors (Lipinski definition) is 3. The Kier molecular flexibility index (Phi) is 4.09. The van der Waals surface area contributed by atoms with E-state index in [1.165, 1.54) is 11.8 Å². The molecule has 0 saturated heterocycles. The smallest absolute Gasteiger partial charge is 0.252 e. The molecule has 20 heavy (non-hydrogen) atoms. The van der Waals surface area contributed by atoms with Crippen molar-refractivity contribution in [1.29, 1.82) is 0 Å². The Morgan fingerprint density at radius 1 is 1.40 bits per heavy atom. The number of thioether (sulfide) groups is 1. The molecular formula is C15H20N2O2S. The summed E-state index contributed by atoms with van der Waals surface area (Å²) in [6.07, 6.45) is 0. The molecule has 5 heteroatoms. The van der Waals surface area contributed by atoms with Crippen molar-refractivity contribution in [2.45, 2.75) is 30.4 Å². The molecule has 1 unspecified atom stereocenters. The Labute approximate surface area is 123 Å². The molecule has 1 aliphatic rings. The summed E-state index contributed by atoms with van der Waals surface area (Å²) in [6, 6.07) is 7.65. The van der Waals surface area contributed by atoms with Crippen LogP contribution >= 0.6 is 11.8 Å². The highest BCUT2D eigenvalue weighted by Crippen LogP contribution is 2.44. The van der Waals surface area contributed by atoms with Crippen LogP contribution in [-0.4, -0.2) is 30.2 Å². The average Bonchev–Trinajstić information content (AvgIpc) is 2.42. The van der Waals surface area contributed by atoms with Crippen LogP contribution in [-0.2, 0) is 9.59 Å². The van der Waals surface area contributed by atoms with Crippen molar-refractivity contribution in [3.63, 3.8) is 0 Å². The third-order valence-corrected chi connectivity index (χ3v) is 4.69. The molecule has 0 bridgehead atoms. The highest BCUT2D eigenvalue weighted by molar-refractivity contribution is 8.02. The first-order valence-electron chi connectivity index (χ1n) is 6.70. The van der Waals surface area contributed by atoms with Gasteiger partial charge in [0.1, 0.15) is 0 Å². The molecule has 1 aromatic rings. The number of amides is 2. The maximum Gasteiger partial charge on any atom is 0.252 e. The lowest BCUT2D eigenvalue weighted by Gasteiger charge is -2.37. The maximum absolute atomic E-state index is 12.5. The zero-order valence-electron chi connectivity index (χ0n) is 12.3. The SMILES string of the molecule is CC(C)CNC(=O)C1(C)Sc2ccccc2N(C)C1=O. The summed E-state index contributed by atoms with van der Waals surface area (Å²) in [7, 11) is 1.72. The van der Waals surface area contributed by atoms with Gasteiger partial charge in [-0.1, -0.05) is 37.7 Å². The highest BCUT2D eigenvalue weighted by Gasteiger charge is 2.48. The zero-order chi connectivity index (χ0) is 14.9. The average molecular weight is 292 g/mol. The predicted octanol–water partition coefficient (Wildman–Crippen LogP) is 2.29. The Morgan fingerprint density at radius 2 is 2.05 bits per heavy atom. The molecule has 0 aliphatic carbocycles. The molecule has 4 nitrogen and oxygen atoms in total. The fraction of sp³-hybridized carbons (Fsp3) is 0.467. The van der Waals surface area contributed by atoms with E-state index < -0.39 is 4.75 Å². The Morgan fingerprint density at radius 3 is 2.70 bits per heavy atom. The van der Waals surface area contributed by atoms with Gasteiger partial charge in [0.25, 0.3) is 5.91 Å². The number of benzene rings is 1. The zero-order valence-corrected chi connectivity index (χ0v) is 13.1. The molecule has 1 aromatic carbocycles. The van der Waals surface area contributed by atoms with E-state index in [9.17, 15) is 9.59 Å². The van der Waals surface area contributed by atoms with E-state index in [0.29, 0.717) is 12.5 Å². The van der Waals surface area contributed by atoms with Crippen LogP contribution in [0.5, 0.6) is 0 Å². The predicted molar refractivity (Wildman–Crippen MR) is 82.0 cm³/mol. The first-order valence-corrected chi connectivity index (χ1v) is 7.52. The van der Waals surface area contributed by atoms with E-state index in [2.05, 4.69) is 5.32 Å². The summed E-state index contributed by atoms with van der Waals surface area (Å²) >= 11 is 1.33. The lowest BCUT2D eigenvalue weighted by molar-refractivity contribution is -0.131. The van der Waals surface area contributed by atoms with Crippen molar-refractivity contribution in [2.75, 3.05) is 18.5 Å². The van der Waals surface area contributed by atoms with E-state index >= 15 is 0 Å². The summed E-state index contributed by atoms with van der Waals surface area (Å²) in [5.41, 5.74) is 0.858. The van der Waals surface area contributed by atoms with Crippen molar-refractivity contribution in [3.8, 4) is 0 Å². The van der Waals surface area contributed by atoms with Crippen LogP contribution in [0.1, 0.15) is 20.8 Å². The van der Waals surface area contributed by atoms with Gasteiger partial charge in [-0.25, -0.2) is 0 Å². The first-order chi connectivity index (χ1) is 9.36. The van der Waals surface area contributed by atoms with Crippen LogP contribution in [0.15, 0.2) is 29.2 Å². The Hall–Kier alpha value is -1.49. The summed E-state index contributed by atoms with van der Waals surface area (Å²) in [4.78, 5) is 27.5. The van der Waals surface area contributed by atoms with Gasteiger partial charge in [-0.05, 0) is 25.0 Å². The molecule has 1 aliphatic heterocycles. The molecule has 1 atom stereocenters. The van der Waals surface area contributed by atoms with Crippen LogP contribution in [0, 0.1) is 5.92 Å². The molecule has 108 valence electrons. The summed E-state index contributed by atoms with van der Waals surface area (Å²) < 4.78 is -1.10. The monoisotopic (exact) mass is 292 g/mol. The van der Waals surface area contributed by atoms with E-state index in [-0.39, 0.29) is 11.8 Å². The maximum atomic E-state index is 12.5. The van der Waals surface area contributed by atoms with Crippen molar-refractivity contribution in [2.24, 2.45) is 5.92 Å². The van der Waals surface area contributed by atoms with Gasteiger partial charge in [0.15, 0.2) is 4.75 Å². The highest BCUT2D eigenvalue weighted by atomic mass is 32.2. The fourth-order valence-corrected chi connectivity index (χ4v) is 3.41. The summed E-state index contributed by atoms with van der Waals surface area (Å²) in [5.74, 6) is -0.0405. The number of carbonyl (C=O) groups is 2. The molecule has 0 radical (unpaired) electrons. The summed E-state index contributed by atoms with van der Waals surface area (Å²) in [6.45, 7) is 6.33. The number of hydrogen-bond donors (Lipinski definition) is 1. The van der Waals surface area contributed by atoms with Crippen LogP contribution in [0.25, 0.3) is 0 Å². The second-order valence-electron chi connectivity index (χ2n) is 5.57. The van der Waals surface area contributed by atoms with Gasteiger partial charge in [-0.3, -0.25) is 9.59 Å². The van der Waals surface area contributed by atoms with Crippen molar-refractivity contribution in [1.82, 2.24) is 5.32 Å². The standard InChI is InChI=1S/C15H20N2O2S/c1-10(2)9-16-13(18)15(3)14(19)17(4)11-7-5-6-8-12(11)20-15/h5-8,10H,9H2,1-4H3,(H,16,18). The number of fused-ring (bicyclic) bond motifs is 1. The molecule has 0 spiro atoms. The molecule has 0 aromatic heterocycles. The fourth-order valence-electron chi connectivity index (χ4n) is 2.12. The van der Waals surface area contributed by atoms with Gasteiger partial charge in [-0.2, -0.15) is 0 Å². The van der Waals surface area contributed by atoms with E-state index in [1.807, 2.05) is 38.1 Å². The van der Waals surface area contributed by atoms with E-state index in [1.54, 1.807) is 18.9 Å². The topological polar surface area (TPSA) is 49.4 Å².